The van der Waals surface area contributed by atoms with E-state index in [2.05, 4.69) is 27.7 Å². The van der Waals surface area contributed by atoms with Gasteiger partial charge in [0.25, 0.3) is 0 Å². The molecule has 25 heavy (non-hydrogen) atoms. The molecule has 0 aliphatic carbocycles. The Hall–Kier alpha value is -1.74. The van der Waals surface area contributed by atoms with E-state index in [1.807, 2.05) is 0 Å². The Morgan fingerprint density at radius 3 is 2.40 bits per heavy atom. The summed E-state index contributed by atoms with van der Waals surface area (Å²) >= 11 is 6.39. The monoisotopic (exact) mass is 362 g/mol. The van der Waals surface area contributed by atoms with Crippen LogP contribution in [0.25, 0.3) is 11.1 Å². The molecular weight excluding hydrogens is 339 g/mol. The predicted octanol–water partition coefficient (Wildman–Crippen LogP) is 6.08. The molecule has 0 saturated heterocycles. The lowest BCUT2D eigenvalue weighted by molar-refractivity contribution is 0.134. The third kappa shape index (κ3) is 3.10. The second-order valence-electron chi connectivity index (χ2n) is 7.44. The van der Waals surface area contributed by atoms with Gasteiger partial charge in [-0.25, -0.2) is 4.39 Å². The largest absolute Gasteiger partial charge is 0.492 e. The first-order chi connectivity index (χ1) is 11.8. The highest BCUT2D eigenvalue weighted by Crippen LogP contribution is 2.52. The van der Waals surface area contributed by atoms with Crippen molar-refractivity contribution in [1.29, 1.82) is 0 Å². The first-order valence-corrected chi connectivity index (χ1v) is 9.09. The van der Waals surface area contributed by atoms with Gasteiger partial charge in [0.2, 0.25) is 0 Å². The summed E-state index contributed by atoms with van der Waals surface area (Å²) in [6, 6.07) is 6.44. The summed E-state index contributed by atoms with van der Waals surface area (Å²) < 4.78 is 25.4. The minimum Gasteiger partial charge on any atom is -0.492 e. The van der Waals surface area contributed by atoms with Crippen molar-refractivity contribution < 1.29 is 13.9 Å². The molecule has 0 N–H and O–H groups in total. The summed E-state index contributed by atoms with van der Waals surface area (Å²) in [5.74, 6) is 1.88. The van der Waals surface area contributed by atoms with Gasteiger partial charge in [0, 0.05) is 23.4 Å². The van der Waals surface area contributed by atoms with Gasteiger partial charge in [-0.05, 0) is 48.6 Å². The van der Waals surface area contributed by atoms with Gasteiger partial charge in [0.05, 0.1) is 7.11 Å². The minimum atomic E-state index is -0.287. The van der Waals surface area contributed by atoms with Crippen molar-refractivity contribution in [2.75, 3.05) is 7.11 Å². The summed E-state index contributed by atoms with van der Waals surface area (Å²) in [5, 5.41) is 0. The van der Waals surface area contributed by atoms with Crippen LogP contribution in [0.5, 0.6) is 11.5 Å². The maximum atomic E-state index is 13.4. The van der Waals surface area contributed by atoms with E-state index >= 15 is 0 Å². The van der Waals surface area contributed by atoms with Crippen molar-refractivity contribution in [3.8, 4) is 22.6 Å². The normalized spacial score (nSPS) is 15.2. The quantitative estimate of drug-likeness (QED) is 0.614. The molecule has 3 rings (SSSR count). The molecule has 0 saturated carbocycles. The van der Waals surface area contributed by atoms with Crippen molar-refractivity contribution in [1.82, 2.24) is 0 Å². The molecule has 2 aromatic rings. The fraction of sp³-hybridized carbons (Fsp3) is 0.429. The fourth-order valence-electron chi connectivity index (χ4n) is 3.80. The highest BCUT2D eigenvalue weighted by Gasteiger charge is 2.38. The van der Waals surface area contributed by atoms with E-state index in [4.69, 9.17) is 21.1 Å². The number of alkyl halides is 1. The fourth-order valence-corrected chi connectivity index (χ4v) is 4.08. The van der Waals surface area contributed by atoms with Gasteiger partial charge in [-0.15, -0.1) is 11.6 Å². The second kappa shape index (κ2) is 6.53. The molecule has 134 valence electrons. The molecule has 0 bridgehead atoms. The first-order valence-electron chi connectivity index (χ1n) is 8.55. The molecular formula is C21H24ClFO2. The lowest BCUT2D eigenvalue weighted by atomic mass is 9.84. The summed E-state index contributed by atoms with van der Waals surface area (Å²) in [4.78, 5) is 0. The van der Waals surface area contributed by atoms with Gasteiger partial charge in [0.15, 0.2) is 11.5 Å². The zero-order valence-corrected chi connectivity index (χ0v) is 16.1. The molecule has 2 nitrogen and oxygen atoms in total. The van der Waals surface area contributed by atoms with Crippen LogP contribution >= 0.6 is 11.6 Å². The second-order valence-corrected chi connectivity index (χ2v) is 7.71. The zero-order chi connectivity index (χ0) is 18.4. The van der Waals surface area contributed by atoms with Gasteiger partial charge in [0.1, 0.15) is 11.4 Å². The van der Waals surface area contributed by atoms with E-state index in [1.165, 1.54) is 23.3 Å². The van der Waals surface area contributed by atoms with Gasteiger partial charge < -0.3 is 9.47 Å². The molecule has 2 aromatic carbocycles. The summed E-state index contributed by atoms with van der Waals surface area (Å²) in [6.07, 6.45) is 0.819. The van der Waals surface area contributed by atoms with Crippen LogP contribution in [0.1, 0.15) is 50.3 Å². The molecule has 0 fully saturated rings. The van der Waals surface area contributed by atoms with E-state index in [-0.39, 0.29) is 11.4 Å². The number of rotatable bonds is 4. The van der Waals surface area contributed by atoms with E-state index in [0.29, 0.717) is 17.5 Å². The number of benzene rings is 2. The number of hydrogen-bond acceptors (Lipinski definition) is 2. The Kier molecular flexibility index (Phi) is 4.72. The van der Waals surface area contributed by atoms with Crippen LogP contribution in [0.15, 0.2) is 24.3 Å². The maximum absolute atomic E-state index is 13.4. The van der Waals surface area contributed by atoms with Crippen molar-refractivity contribution in [3.05, 3.63) is 46.8 Å². The summed E-state index contributed by atoms with van der Waals surface area (Å²) in [6.45, 7) is 8.48. The topological polar surface area (TPSA) is 18.5 Å². The smallest absolute Gasteiger partial charge is 0.169 e. The lowest BCUT2D eigenvalue weighted by Crippen LogP contribution is -2.25. The molecule has 0 unspecified atom stereocenters. The van der Waals surface area contributed by atoms with Gasteiger partial charge in [-0.1, -0.05) is 26.0 Å². The zero-order valence-electron chi connectivity index (χ0n) is 15.4. The van der Waals surface area contributed by atoms with E-state index < -0.39 is 0 Å². The molecule has 1 heterocycles. The Labute approximate surface area is 153 Å². The molecule has 0 amide bonds. The molecule has 0 aromatic heterocycles. The Morgan fingerprint density at radius 2 is 1.88 bits per heavy atom. The molecule has 4 heteroatoms. The van der Waals surface area contributed by atoms with E-state index in [1.54, 1.807) is 19.2 Å². The summed E-state index contributed by atoms with van der Waals surface area (Å²) in [7, 11) is 1.64. The Bertz CT molecular complexity index is 795. The van der Waals surface area contributed by atoms with E-state index in [9.17, 15) is 4.39 Å². The lowest BCUT2D eigenvalue weighted by Gasteiger charge is -2.23. The standard InChI is InChI=1S/C21H24ClFO2/c1-12(2)17-15-10-21(3,4)25-19(15)20(24-5)18(16(17)11-22)13-6-8-14(23)9-7-13/h6-9,12H,10-11H2,1-5H3. The average molecular weight is 363 g/mol. The van der Waals surface area contributed by atoms with Crippen LogP contribution in [0.3, 0.4) is 0 Å². The van der Waals surface area contributed by atoms with Crippen molar-refractivity contribution in [3.63, 3.8) is 0 Å². The number of ether oxygens (including phenoxy) is 2. The first kappa shape index (κ1) is 18.1. The van der Waals surface area contributed by atoms with Crippen LogP contribution in [0.2, 0.25) is 0 Å². The SMILES string of the molecule is COc1c2c(c(C(C)C)c(CCl)c1-c1ccc(F)cc1)CC(C)(C)O2. The highest BCUT2D eigenvalue weighted by atomic mass is 35.5. The predicted molar refractivity (Wildman–Crippen MR) is 100 cm³/mol. The maximum Gasteiger partial charge on any atom is 0.169 e. The van der Waals surface area contributed by atoms with Crippen molar-refractivity contribution >= 4 is 11.6 Å². The minimum absolute atomic E-state index is 0.266. The Morgan fingerprint density at radius 1 is 1.24 bits per heavy atom. The number of hydrogen-bond donors (Lipinski definition) is 0. The van der Waals surface area contributed by atoms with Gasteiger partial charge in [-0.3, -0.25) is 0 Å². The average Bonchev–Trinajstić information content (AvgIpc) is 2.87. The van der Waals surface area contributed by atoms with Crippen molar-refractivity contribution in [2.45, 2.75) is 51.5 Å². The molecule has 1 aliphatic rings. The number of fused-ring (bicyclic) bond motifs is 1. The number of halogens is 2. The van der Waals surface area contributed by atoms with Gasteiger partial charge >= 0.3 is 0 Å². The van der Waals surface area contributed by atoms with Crippen LogP contribution in [-0.4, -0.2) is 12.7 Å². The van der Waals surface area contributed by atoms with Crippen LogP contribution < -0.4 is 9.47 Å². The molecule has 0 spiro atoms. The molecule has 0 atom stereocenters. The van der Waals surface area contributed by atoms with E-state index in [0.717, 1.165) is 28.9 Å². The number of methoxy groups -OCH3 is 1. The Balaban J connectivity index is 2.38. The third-order valence-electron chi connectivity index (χ3n) is 4.69. The van der Waals surface area contributed by atoms with Crippen LogP contribution in [0, 0.1) is 5.82 Å². The third-order valence-corrected chi connectivity index (χ3v) is 4.96. The highest BCUT2D eigenvalue weighted by molar-refractivity contribution is 6.17. The van der Waals surface area contributed by atoms with Crippen molar-refractivity contribution in [2.24, 2.45) is 0 Å². The van der Waals surface area contributed by atoms with Gasteiger partial charge in [-0.2, -0.15) is 0 Å². The molecule has 0 radical (unpaired) electrons. The van der Waals surface area contributed by atoms with Crippen LogP contribution in [-0.2, 0) is 12.3 Å². The summed E-state index contributed by atoms with van der Waals surface area (Å²) in [5.41, 5.74) is 4.93. The molecule has 1 aliphatic heterocycles. The van der Waals surface area contributed by atoms with Crippen LogP contribution in [0.4, 0.5) is 4.39 Å².